The lowest BCUT2D eigenvalue weighted by Gasteiger charge is -2.16. The van der Waals surface area contributed by atoms with Crippen molar-refractivity contribution < 1.29 is 19.1 Å². The van der Waals surface area contributed by atoms with Crippen molar-refractivity contribution in [3.63, 3.8) is 0 Å². The van der Waals surface area contributed by atoms with E-state index >= 15 is 0 Å². The highest BCUT2D eigenvalue weighted by Gasteiger charge is 2.40. The molecule has 3 aromatic carbocycles. The van der Waals surface area contributed by atoms with Crippen LogP contribution in [0.3, 0.4) is 0 Å². The maximum absolute atomic E-state index is 13.5. The summed E-state index contributed by atoms with van der Waals surface area (Å²) in [5, 5.41) is 4.08. The highest BCUT2D eigenvalue weighted by atomic mass is 35.5. The van der Waals surface area contributed by atoms with Crippen LogP contribution in [-0.4, -0.2) is 26.0 Å². The SMILES string of the molecule is COc1ccc(OC)c(NC2=C(Sc3ccc(Cl)cc3)C(=O)N(c3cccc(Cl)c3)C2=O)c1. The van der Waals surface area contributed by atoms with E-state index in [2.05, 4.69) is 5.32 Å². The lowest BCUT2D eigenvalue weighted by atomic mass is 10.2. The Morgan fingerprint density at radius 1 is 0.848 bits per heavy atom. The molecule has 168 valence electrons. The van der Waals surface area contributed by atoms with Gasteiger partial charge in [0.2, 0.25) is 0 Å². The van der Waals surface area contributed by atoms with E-state index in [0.29, 0.717) is 32.9 Å². The number of hydrogen-bond acceptors (Lipinski definition) is 6. The molecule has 0 aliphatic carbocycles. The summed E-state index contributed by atoms with van der Waals surface area (Å²) in [5.74, 6) is 0.0741. The molecule has 0 aromatic heterocycles. The van der Waals surface area contributed by atoms with Crippen LogP contribution in [0.2, 0.25) is 10.0 Å². The standard InChI is InChI=1S/C24H18Cl2N2O4S/c1-31-17-8-11-20(32-2)19(13-17)27-21-22(33-18-9-6-14(25)7-10-18)24(30)28(23(21)29)16-5-3-4-15(26)12-16/h3-13,27H,1-2H3. The average Bonchev–Trinajstić information content (AvgIpc) is 3.04. The van der Waals surface area contributed by atoms with Crippen LogP contribution < -0.4 is 19.7 Å². The highest BCUT2D eigenvalue weighted by molar-refractivity contribution is 8.04. The van der Waals surface area contributed by atoms with E-state index in [0.717, 1.165) is 9.80 Å². The fraction of sp³-hybridized carbons (Fsp3) is 0.0833. The molecule has 4 rings (SSSR count). The van der Waals surface area contributed by atoms with E-state index in [1.54, 1.807) is 66.7 Å². The van der Waals surface area contributed by atoms with Crippen molar-refractivity contribution in [3.8, 4) is 11.5 Å². The normalized spacial score (nSPS) is 13.5. The van der Waals surface area contributed by atoms with Crippen molar-refractivity contribution >= 4 is 58.2 Å². The number of anilines is 2. The van der Waals surface area contributed by atoms with Gasteiger partial charge in [0.25, 0.3) is 11.8 Å². The van der Waals surface area contributed by atoms with Gasteiger partial charge in [0.1, 0.15) is 22.1 Å². The molecule has 0 unspecified atom stereocenters. The van der Waals surface area contributed by atoms with Gasteiger partial charge in [-0.3, -0.25) is 9.59 Å². The van der Waals surface area contributed by atoms with Crippen molar-refractivity contribution in [2.45, 2.75) is 4.90 Å². The number of thioether (sulfide) groups is 1. The molecule has 0 radical (unpaired) electrons. The van der Waals surface area contributed by atoms with Crippen LogP contribution >= 0.6 is 35.0 Å². The molecule has 0 atom stereocenters. The predicted octanol–water partition coefficient (Wildman–Crippen LogP) is 6.00. The number of imide groups is 1. The first-order valence-electron chi connectivity index (χ1n) is 9.72. The Labute approximate surface area is 205 Å². The molecular formula is C24H18Cl2N2O4S. The average molecular weight is 501 g/mol. The zero-order valence-corrected chi connectivity index (χ0v) is 19.9. The predicted molar refractivity (Wildman–Crippen MR) is 131 cm³/mol. The zero-order chi connectivity index (χ0) is 23.5. The van der Waals surface area contributed by atoms with Crippen molar-refractivity contribution in [3.05, 3.63) is 87.4 Å². The Hall–Kier alpha value is -3.13. The van der Waals surface area contributed by atoms with E-state index < -0.39 is 11.8 Å². The smallest absolute Gasteiger partial charge is 0.283 e. The molecule has 0 spiro atoms. The first kappa shape index (κ1) is 23.0. The second-order valence-corrected chi connectivity index (χ2v) is 8.83. The van der Waals surface area contributed by atoms with Crippen LogP contribution in [-0.2, 0) is 9.59 Å². The molecule has 2 amide bonds. The number of rotatable bonds is 7. The van der Waals surface area contributed by atoms with Gasteiger partial charge < -0.3 is 14.8 Å². The highest BCUT2D eigenvalue weighted by Crippen LogP contribution is 2.40. The number of carbonyl (C=O) groups is 2. The van der Waals surface area contributed by atoms with E-state index in [1.807, 2.05) is 0 Å². The van der Waals surface area contributed by atoms with E-state index in [-0.39, 0.29) is 10.6 Å². The van der Waals surface area contributed by atoms with Gasteiger partial charge in [-0.05, 0) is 54.6 Å². The fourth-order valence-electron chi connectivity index (χ4n) is 3.23. The Balaban J connectivity index is 1.79. The lowest BCUT2D eigenvalue weighted by Crippen LogP contribution is -2.32. The fourth-order valence-corrected chi connectivity index (χ4v) is 4.47. The summed E-state index contributed by atoms with van der Waals surface area (Å²) in [4.78, 5) is 29.0. The van der Waals surface area contributed by atoms with Crippen LogP contribution in [0.15, 0.2) is 82.2 Å². The van der Waals surface area contributed by atoms with E-state index in [4.69, 9.17) is 32.7 Å². The molecule has 1 aliphatic rings. The van der Waals surface area contributed by atoms with Crippen molar-refractivity contribution in [1.82, 2.24) is 0 Å². The molecule has 0 bridgehead atoms. The summed E-state index contributed by atoms with van der Waals surface area (Å²) in [7, 11) is 3.06. The van der Waals surface area contributed by atoms with E-state index in [1.165, 1.54) is 26.0 Å². The number of amides is 2. The quantitative estimate of drug-likeness (QED) is 0.401. The van der Waals surface area contributed by atoms with E-state index in [9.17, 15) is 9.59 Å². The van der Waals surface area contributed by atoms with Crippen molar-refractivity contribution in [2.75, 3.05) is 24.4 Å². The largest absolute Gasteiger partial charge is 0.497 e. The number of carbonyl (C=O) groups excluding carboxylic acids is 2. The molecule has 0 fully saturated rings. The minimum absolute atomic E-state index is 0.117. The van der Waals surface area contributed by atoms with Crippen molar-refractivity contribution in [1.29, 1.82) is 0 Å². The van der Waals surface area contributed by atoms with Crippen molar-refractivity contribution in [2.24, 2.45) is 0 Å². The number of nitrogens with zero attached hydrogens (tertiary/aromatic N) is 1. The number of halogens is 2. The lowest BCUT2D eigenvalue weighted by molar-refractivity contribution is -0.120. The molecular weight excluding hydrogens is 483 g/mol. The third-order valence-corrected chi connectivity index (χ3v) is 6.39. The molecule has 0 saturated carbocycles. The Kier molecular flexibility index (Phi) is 6.83. The third kappa shape index (κ3) is 4.80. The number of ether oxygens (including phenoxy) is 2. The summed E-state index contributed by atoms with van der Waals surface area (Å²) in [6.45, 7) is 0. The van der Waals surface area contributed by atoms with Gasteiger partial charge in [-0.25, -0.2) is 4.90 Å². The molecule has 1 aliphatic heterocycles. The number of nitrogens with one attached hydrogen (secondary N) is 1. The topological polar surface area (TPSA) is 67.9 Å². The molecule has 33 heavy (non-hydrogen) atoms. The molecule has 1 N–H and O–H groups in total. The summed E-state index contributed by atoms with van der Waals surface area (Å²) >= 11 is 13.3. The van der Waals surface area contributed by atoms with Gasteiger partial charge >= 0.3 is 0 Å². The molecule has 0 saturated heterocycles. The summed E-state index contributed by atoms with van der Waals surface area (Å²) in [6.07, 6.45) is 0. The summed E-state index contributed by atoms with van der Waals surface area (Å²) in [5.41, 5.74) is 0.975. The van der Waals surface area contributed by atoms with Gasteiger partial charge in [-0.1, -0.05) is 41.0 Å². The minimum Gasteiger partial charge on any atom is -0.497 e. The Bertz CT molecular complexity index is 1260. The Morgan fingerprint density at radius 3 is 2.27 bits per heavy atom. The number of methoxy groups -OCH3 is 2. The number of hydrogen-bond donors (Lipinski definition) is 1. The van der Waals surface area contributed by atoms with Gasteiger partial charge in [-0.15, -0.1) is 0 Å². The second kappa shape index (κ2) is 9.79. The maximum Gasteiger partial charge on any atom is 0.283 e. The number of benzene rings is 3. The van der Waals surface area contributed by atoms with Crippen LogP contribution in [0.4, 0.5) is 11.4 Å². The summed E-state index contributed by atoms with van der Waals surface area (Å²) < 4.78 is 10.7. The monoisotopic (exact) mass is 500 g/mol. The van der Waals surface area contributed by atoms with Crippen LogP contribution in [0, 0.1) is 0 Å². The first-order chi connectivity index (χ1) is 15.9. The zero-order valence-electron chi connectivity index (χ0n) is 17.6. The molecule has 1 heterocycles. The van der Waals surface area contributed by atoms with Gasteiger partial charge in [0.05, 0.1) is 25.6 Å². The van der Waals surface area contributed by atoms with Gasteiger partial charge in [-0.2, -0.15) is 0 Å². The molecule has 3 aromatic rings. The van der Waals surface area contributed by atoms with Crippen LogP contribution in [0.25, 0.3) is 0 Å². The second-order valence-electron chi connectivity index (χ2n) is 6.88. The van der Waals surface area contributed by atoms with Gasteiger partial charge in [0, 0.05) is 21.0 Å². The molecule has 6 nitrogen and oxygen atoms in total. The van der Waals surface area contributed by atoms with Crippen LogP contribution in [0.1, 0.15) is 0 Å². The maximum atomic E-state index is 13.5. The first-order valence-corrected chi connectivity index (χ1v) is 11.3. The molecule has 9 heteroatoms. The summed E-state index contributed by atoms with van der Waals surface area (Å²) in [6, 6.07) is 18.7. The van der Waals surface area contributed by atoms with Crippen LogP contribution in [0.5, 0.6) is 11.5 Å². The third-order valence-electron chi connectivity index (χ3n) is 4.81. The van der Waals surface area contributed by atoms with Gasteiger partial charge in [0.15, 0.2) is 0 Å². The Morgan fingerprint density at radius 2 is 1.61 bits per heavy atom. The minimum atomic E-state index is -0.511.